The number of hydrogen-bond acceptors (Lipinski definition) is 3. The molecule has 90 valence electrons. The highest BCUT2D eigenvalue weighted by Crippen LogP contribution is 2.27. The molecule has 1 fully saturated rings. The molecule has 0 aromatic rings. The van der Waals surface area contributed by atoms with E-state index in [2.05, 4.69) is 0 Å². The highest BCUT2D eigenvalue weighted by Gasteiger charge is 2.25. The van der Waals surface area contributed by atoms with E-state index in [-0.39, 0.29) is 6.04 Å². The van der Waals surface area contributed by atoms with E-state index < -0.39 is 9.84 Å². The minimum absolute atomic E-state index is 0.242. The van der Waals surface area contributed by atoms with Crippen molar-refractivity contribution < 1.29 is 8.42 Å². The van der Waals surface area contributed by atoms with Gasteiger partial charge in [-0.1, -0.05) is 19.8 Å². The van der Waals surface area contributed by atoms with Crippen molar-refractivity contribution in [2.24, 2.45) is 11.7 Å². The fourth-order valence-electron chi connectivity index (χ4n) is 2.22. The van der Waals surface area contributed by atoms with Crippen LogP contribution in [0.4, 0.5) is 0 Å². The van der Waals surface area contributed by atoms with Gasteiger partial charge in [0.05, 0.1) is 11.5 Å². The molecule has 0 spiro atoms. The molecule has 2 unspecified atom stereocenters. The molecule has 0 aliphatic heterocycles. The van der Waals surface area contributed by atoms with Gasteiger partial charge < -0.3 is 5.73 Å². The zero-order chi connectivity index (χ0) is 11.3. The highest BCUT2D eigenvalue weighted by atomic mass is 32.2. The predicted octanol–water partition coefficient (Wildman–Crippen LogP) is 1.72. The Morgan fingerprint density at radius 3 is 2.53 bits per heavy atom. The maximum Gasteiger partial charge on any atom is 0.150 e. The van der Waals surface area contributed by atoms with Crippen LogP contribution in [-0.2, 0) is 9.84 Å². The van der Waals surface area contributed by atoms with Crippen molar-refractivity contribution in [1.82, 2.24) is 0 Å². The van der Waals surface area contributed by atoms with E-state index >= 15 is 0 Å². The van der Waals surface area contributed by atoms with Crippen LogP contribution in [-0.4, -0.2) is 26.0 Å². The van der Waals surface area contributed by atoms with E-state index in [9.17, 15) is 8.42 Å². The third-order valence-electron chi connectivity index (χ3n) is 3.33. The van der Waals surface area contributed by atoms with Crippen LogP contribution in [0.25, 0.3) is 0 Å². The number of nitrogens with two attached hydrogens (primary N) is 1. The maximum absolute atomic E-state index is 11.6. The molecular weight excluding hydrogens is 210 g/mol. The fourth-order valence-corrected chi connectivity index (χ4v) is 3.82. The second-order valence-corrected chi connectivity index (χ2v) is 6.95. The Kier molecular flexibility index (Phi) is 5.06. The summed E-state index contributed by atoms with van der Waals surface area (Å²) in [4.78, 5) is 0. The first-order valence-corrected chi connectivity index (χ1v) is 7.83. The first-order chi connectivity index (χ1) is 7.05. The van der Waals surface area contributed by atoms with Crippen molar-refractivity contribution in [3.63, 3.8) is 0 Å². The predicted molar refractivity (Wildman–Crippen MR) is 63.5 cm³/mol. The van der Waals surface area contributed by atoms with Gasteiger partial charge in [0.15, 0.2) is 0 Å². The molecule has 4 heteroatoms. The number of rotatable bonds is 6. The lowest BCUT2D eigenvalue weighted by Crippen LogP contribution is -2.26. The lowest BCUT2D eigenvalue weighted by Gasteiger charge is -2.14. The van der Waals surface area contributed by atoms with Crippen molar-refractivity contribution in [2.45, 2.75) is 51.5 Å². The minimum atomic E-state index is -2.81. The molecule has 3 nitrogen and oxygen atoms in total. The van der Waals surface area contributed by atoms with Crippen molar-refractivity contribution >= 4 is 9.84 Å². The van der Waals surface area contributed by atoms with Crippen LogP contribution in [0.1, 0.15) is 45.4 Å². The zero-order valence-electron chi connectivity index (χ0n) is 9.61. The van der Waals surface area contributed by atoms with Gasteiger partial charge in [-0.2, -0.15) is 0 Å². The largest absolute Gasteiger partial charge is 0.327 e. The Hall–Kier alpha value is -0.0900. The molecule has 15 heavy (non-hydrogen) atoms. The lowest BCUT2D eigenvalue weighted by molar-refractivity contribution is 0.464. The van der Waals surface area contributed by atoms with Crippen LogP contribution < -0.4 is 5.73 Å². The van der Waals surface area contributed by atoms with Crippen LogP contribution >= 0.6 is 0 Å². The van der Waals surface area contributed by atoms with Crippen LogP contribution in [0.3, 0.4) is 0 Å². The van der Waals surface area contributed by atoms with Crippen molar-refractivity contribution in [3.8, 4) is 0 Å². The molecule has 0 saturated heterocycles. The first kappa shape index (κ1) is 13.0. The standard InChI is InChI=1S/C11H23NO2S/c1-2-3-8-15(13,14)9-7-10-5-4-6-11(10)12/h10-11H,2-9,12H2,1H3. The molecule has 0 radical (unpaired) electrons. The topological polar surface area (TPSA) is 60.2 Å². The summed E-state index contributed by atoms with van der Waals surface area (Å²) in [6.45, 7) is 2.02. The molecule has 2 N–H and O–H groups in total. The number of unbranched alkanes of at least 4 members (excludes halogenated alkanes) is 1. The van der Waals surface area contributed by atoms with Crippen molar-refractivity contribution in [1.29, 1.82) is 0 Å². The molecule has 1 rings (SSSR count). The van der Waals surface area contributed by atoms with Gasteiger partial charge in [-0.3, -0.25) is 0 Å². The molecule has 1 aliphatic rings. The Bertz CT molecular complexity index is 274. The van der Waals surface area contributed by atoms with Crippen LogP contribution in [0, 0.1) is 5.92 Å². The van der Waals surface area contributed by atoms with Gasteiger partial charge in [-0.15, -0.1) is 0 Å². The van der Waals surface area contributed by atoms with Gasteiger partial charge in [-0.25, -0.2) is 8.42 Å². The molecule has 0 aromatic carbocycles. The van der Waals surface area contributed by atoms with Gasteiger partial charge in [0.1, 0.15) is 9.84 Å². The molecule has 1 saturated carbocycles. The van der Waals surface area contributed by atoms with E-state index in [4.69, 9.17) is 5.73 Å². The molecule has 0 amide bonds. The smallest absolute Gasteiger partial charge is 0.150 e. The second kappa shape index (κ2) is 5.85. The monoisotopic (exact) mass is 233 g/mol. The van der Waals surface area contributed by atoms with E-state index in [0.29, 0.717) is 17.4 Å². The van der Waals surface area contributed by atoms with Gasteiger partial charge in [0, 0.05) is 6.04 Å². The van der Waals surface area contributed by atoms with Gasteiger partial charge in [0.25, 0.3) is 0 Å². The van der Waals surface area contributed by atoms with Crippen LogP contribution in [0.15, 0.2) is 0 Å². The van der Waals surface area contributed by atoms with Gasteiger partial charge in [-0.05, 0) is 31.6 Å². The summed E-state index contributed by atoms with van der Waals surface area (Å²) in [5.74, 6) is 1.14. The normalized spacial score (nSPS) is 27.1. The Labute approximate surface area is 93.3 Å². The first-order valence-electron chi connectivity index (χ1n) is 6.01. The molecule has 0 bridgehead atoms. The average molecular weight is 233 g/mol. The lowest BCUT2D eigenvalue weighted by atomic mass is 10.0. The minimum Gasteiger partial charge on any atom is -0.327 e. The molecular formula is C11H23NO2S. The average Bonchev–Trinajstić information content (AvgIpc) is 2.58. The Balaban J connectivity index is 2.29. The molecule has 1 aliphatic carbocycles. The summed E-state index contributed by atoms with van der Waals surface area (Å²) < 4.78 is 23.2. The number of sulfone groups is 1. The summed E-state index contributed by atoms with van der Waals surface area (Å²) in [6.07, 6.45) is 5.86. The van der Waals surface area contributed by atoms with E-state index in [1.165, 1.54) is 6.42 Å². The third-order valence-corrected chi connectivity index (χ3v) is 5.09. The molecule has 0 aromatic heterocycles. The van der Waals surface area contributed by atoms with E-state index in [1.54, 1.807) is 0 Å². The molecule has 2 atom stereocenters. The summed E-state index contributed by atoms with van der Waals surface area (Å²) in [7, 11) is -2.81. The van der Waals surface area contributed by atoms with Gasteiger partial charge >= 0.3 is 0 Å². The van der Waals surface area contributed by atoms with Crippen molar-refractivity contribution in [2.75, 3.05) is 11.5 Å². The maximum atomic E-state index is 11.6. The summed E-state index contributed by atoms with van der Waals surface area (Å²) in [6, 6.07) is 0.242. The zero-order valence-corrected chi connectivity index (χ0v) is 10.4. The second-order valence-electron chi connectivity index (χ2n) is 4.65. The summed E-state index contributed by atoms with van der Waals surface area (Å²) >= 11 is 0. The summed E-state index contributed by atoms with van der Waals surface area (Å²) in [5, 5.41) is 0. The summed E-state index contributed by atoms with van der Waals surface area (Å²) in [5.41, 5.74) is 5.91. The Morgan fingerprint density at radius 2 is 2.00 bits per heavy atom. The Morgan fingerprint density at radius 1 is 1.27 bits per heavy atom. The van der Waals surface area contributed by atoms with E-state index in [0.717, 1.165) is 32.1 Å². The third kappa shape index (κ3) is 4.51. The number of hydrogen-bond donors (Lipinski definition) is 1. The van der Waals surface area contributed by atoms with Crippen molar-refractivity contribution in [3.05, 3.63) is 0 Å². The molecule has 0 heterocycles. The SMILES string of the molecule is CCCCS(=O)(=O)CCC1CCCC1N. The van der Waals surface area contributed by atoms with Crippen LogP contribution in [0.2, 0.25) is 0 Å². The highest BCUT2D eigenvalue weighted by molar-refractivity contribution is 7.91. The van der Waals surface area contributed by atoms with Crippen LogP contribution in [0.5, 0.6) is 0 Å². The fraction of sp³-hybridized carbons (Fsp3) is 1.00. The van der Waals surface area contributed by atoms with E-state index in [1.807, 2.05) is 6.92 Å². The van der Waals surface area contributed by atoms with Gasteiger partial charge in [0.2, 0.25) is 0 Å². The quantitative estimate of drug-likeness (QED) is 0.760.